The minimum absolute atomic E-state index is 0. The largest absolute Gasteiger partial charge is 0.387 e. The van der Waals surface area contributed by atoms with Crippen LogP contribution in [0, 0.1) is 12.8 Å². The number of halogens is 1. The van der Waals surface area contributed by atoms with E-state index in [-0.39, 0.29) is 18.3 Å². The molecule has 1 aliphatic heterocycles. The lowest BCUT2D eigenvalue weighted by atomic mass is 9.98. The van der Waals surface area contributed by atoms with Crippen molar-refractivity contribution in [1.29, 1.82) is 0 Å². The third-order valence-corrected chi connectivity index (χ3v) is 3.92. The zero-order valence-corrected chi connectivity index (χ0v) is 13.5. The number of aliphatic hydroxyl groups is 1. The summed E-state index contributed by atoms with van der Waals surface area (Å²) in [5, 5.41) is 13.4. The van der Waals surface area contributed by atoms with Crippen LogP contribution in [-0.2, 0) is 4.79 Å². The summed E-state index contributed by atoms with van der Waals surface area (Å²) in [7, 11) is 0. The van der Waals surface area contributed by atoms with Crippen LogP contribution in [-0.4, -0.2) is 42.1 Å². The lowest BCUT2D eigenvalue weighted by Gasteiger charge is -2.30. The quantitative estimate of drug-likeness (QED) is 0.843. The Balaban J connectivity index is 0.00000220. The molecule has 1 aliphatic rings. The van der Waals surface area contributed by atoms with Gasteiger partial charge in [0, 0.05) is 13.0 Å². The highest BCUT2D eigenvalue weighted by Gasteiger charge is 2.24. The second-order valence-corrected chi connectivity index (χ2v) is 5.59. The number of aliphatic hydroxyl groups excluding tert-OH is 1. The third kappa shape index (κ3) is 4.99. The van der Waals surface area contributed by atoms with Crippen LogP contribution in [0.3, 0.4) is 0 Å². The van der Waals surface area contributed by atoms with Crippen molar-refractivity contribution in [3.63, 3.8) is 0 Å². The summed E-state index contributed by atoms with van der Waals surface area (Å²) in [5.74, 6) is 0.609. The molecule has 2 N–H and O–H groups in total. The Kier molecular flexibility index (Phi) is 7.15. The molecule has 0 aliphatic carbocycles. The summed E-state index contributed by atoms with van der Waals surface area (Å²) >= 11 is 0. The maximum atomic E-state index is 12.2. The van der Waals surface area contributed by atoms with Crippen molar-refractivity contribution in [2.75, 3.05) is 26.2 Å². The Morgan fingerprint density at radius 2 is 2.00 bits per heavy atom. The summed E-state index contributed by atoms with van der Waals surface area (Å²) < 4.78 is 0. The monoisotopic (exact) mass is 312 g/mol. The first-order chi connectivity index (χ1) is 9.60. The zero-order chi connectivity index (χ0) is 14.5. The number of carbonyl (C=O) groups is 1. The van der Waals surface area contributed by atoms with Gasteiger partial charge in [-0.15, -0.1) is 12.4 Å². The first-order valence-electron chi connectivity index (χ1n) is 7.33. The molecule has 1 unspecified atom stereocenters. The van der Waals surface area contributed by atoms with Crippen LogP contribution < -0.4 is 5.32 Å². The fourth-order valence-corrected chi connectivity index (χ4v) is 2.38. The van der Waals surface area contributed by atoms with Gasteiger partial charge in [-0.05, 0) is 38.4 Å². The number of rotatable bonds is 6. The van der Waals surface area contributed by atoms with Crippen molar-refractivity contribution in [1.82, 2.24) is 10.2 Å². The molecule has 0 bridgehead atoms. The highest BCUT2D eigenvalue weighted by molar-refractivity contribution is 5.85. The van der Waals surface area contributed by atoms with Gasteiger partial charge in [0.05, 0.1) is 12.6 Å². The Labute approximate surface area is 132 Å². The normalized spacial score (nSPS) is 15.8. The molecule has 1 atom stereocenters. The summed E-state index contributed by atoms with van der Waals surface area (Å²) in [5.41, 5.74) is 2.04. The van der Waals surface area contributed by atoms with E-state index in [1.807, 2.05) is 38.1 Å². The minimum Gasteiger partial charge on any atom is -0.387 e. The van der Waals surface area contributed by atoms with Crippen LogP contribution in [0.25, 0.3) is 0 Å². The van der Waals surface area contributed by atoms with Gasteiger partial charge in [-0.2, -0.15) is 0 Å². The second-order valence-electron chi connectivity index (χ2n) is 5.59. The van der Waals surface area contributed by atoms with Crippen molar-refractivity contribution in [2.45, 2.75) is 26.4 Å². The number of amides is 1. The van der Waals surface area contributed by atoms with Crippen LogP contribution in [0.15, 0.2) is 24.3 Å². The van der Waals surface area contributed by atoms with Gasteiger partial charge < -0.3 is 15.3 Å². The van der Waals surface area contributed by atoms with Gasteiger partial charge in [0.2, 0.25) is 5.91 Å². The van der Waals surface area contributed by atoms with E-state index < -0.39 is 6.10 Å². The third-order valence-electron chi connectivity index (χ3n) is 3.92. The van der Waals surface area contributed by atoms with E-state index >= 15 is 0 Å². The smallest absolute Gasteiger partial charge is 0.223 e. The predicted molar refractivity (Wildman–Crippen MR) is 86.6 cm³/mol. The minimum atomic E-state index is -0.612. The number of benzene rings is 1. The van der Waals surface area contributed by atoms with Crippen LogP contribution in [0.5, 0.6) is 0 Å². The molecule has 1 amide bonds. The van der Waals surface area contributed by atoms with Crippen LogP contribution in [0.1, 0.15) is 30.6 Å². The first-order valence-corrected chi connectivity index (χ1v) is 7.33. The highest BCUT2D eigenvalue weighted by atomic mass is 35.5. The van der Waals surface area contributed by atoms with Crippen molar-refractivity contribution >= 4 is 18.3 Å². The summed E-state index contributed by atoms with van der Waals surface area (Å²) in [6.45, 7) is 6.86. The molecule has 118 valence electrons. The van der Waals surface area contributed by atoms with E-state index in [9.17, 15) is 9.90 Å². The van der Waals surface area contributed by atoms with Crippen molar-refractivity contribution in [3.8, 4) is 0 Å². The van der Waals surface area contributed by atoms with Gasteiger partial charge >= 0.3 is 0 Å². The van der Waals surface area contributed by atoms with Crippen LogP contribution in [0.4, 0.5) is 0 Å². The SMILES string of the molecule is CCN(CC(O)c1ccc(C)cc1)C(=O)CC1CNC1.Cl. The van der Waals surface area contributed by atoms with Gasteiger partial charge in [0.25, 0.3) is 0 Å². The number of nitrogens with one attached hydrogen (secondary N) is 1. The van der Waals surface area contributed by atoms with E-state index in [1.165, 1.54) is 5.56 Å². The summed E-state index contributed by atoms with van der Waals surface area (Å²) in [6, 6.07) is 7.82. The molecule has 2 rings (SSSR count). The number of likely N-dealkylation sites (N-methyl/N-ethyl adjacent to an activating group) is 1. The Bertz CT molecular complexity index is 446. The molecule has 5 heteroatoms. The van der Waals surface area contributed by atoms with Crippen molar-refractivity contribution < 1.29 is 9.90 Å². The molecular formula is C16H25ClN2O2. The Morgan fingerprint density at radius 3 is 2.48 bits per heavy atom. The van der Waals surface area contributed by atoms with Crippen molar-refractivity contribution in [3.05, 3.63) is 35.4 Å². The van der Waals surface area contributed by atoms with Crippen LogP contribution in [0.2, 0.25) is 0 Å². The molecule has 1 fully saturated rings. The van der Waals surface area contributed by atoms with Gasteiger partial charge in [-0.3, -0.25) is 4.79 Å². The van der Waals surface area contributed by atoms with E-state index in [0.717, 1.165) is 18.7 Å². The first kappa shape index (κ1) is 18.0. The molecule has 0 spiro atoms. The lowest BCUT2D eigenvalue weighted by Crippen LogP contribution is -2.45. The average Bonchev–Trinajstić information content (AvgIpc) is 2.40. The molecule has 0 saturated carbocycles. The summed E-state index contributed by atoms with van der Waals surface area (Å²) in [4.78, 5) is 13.9. The standard InChI is InChI=1S/C16H24N2O2.ClH/c1-3-18(16(20)8-13-9-17-10-13)11-15(19)14-6-4-12(2)5-7-14;/h4-7,13,15,17,19H,3,8-11H2,1-2H3;1H. The molecule has 4 nitrogen and oxygen atoms in total. The fraction of sp³-hybridized carbons (Fsp3) is 0.562. The van der Waals surface area contributed by atoms with Crippen LogP contribution >= 0.6 is 12.4 Å². The number of nitrogens with zero attached hydrogens (tertiary/aromatic N) is 1. The predicted octanol–water partition coefficient (Wildman–Crippen LogP) is 1.91. The second kappa shape index (κ2) is 8.37. The molecule has 21 heavy (non-hydrogen) atoms. The van der Waals surface area contributed by atoms with Gasteiger partial charge in [0.15, 0.2) is 0 Å². The highest BCUT2D eigenvalue weighted by Crippen LogP contribution is 2.17. The molecule has 0 aromatic heterocycles. The number of carbonyl (C=O) groups excluding carboxylic acids is 1. The van der Waals surface area contributed by atoms with E-state index in [0.29, 0.717) is 25.4 Å². The average molecular weight is 313 g/mol. The lowest BCUT2D eigenvalue weighted by molar-refractivity contribution is -0.133. The maximum absolute atomic E-state index is 12.2. The zero-order valence-electron chi connectivity index (χ0n) is 12.7. The van der Waals surface area contributed by atoms with E-state index in [4.69, 9.17) is 0 Å². The Morgan fingerprint density at radius 1 is 1.38 bits per heavy atom. The number of hydrogen-bond acceptors (Lipinski definition) is 3. The van der Waals surface area contributed by atoms with Gasteiger partial charge in [-0.1, -0.05) is 29.8 Å². The molecule has 1 aromatic rings. The van der Waals surface area contributed by atoms with E-state index in [1.54, 1.807) is 4.90 Å². The van der Waals surface area contributed by atoms with Crippen molar-refractivity contribution in [2.24, 2.45) is 5.92 Å². The number of aryl methyl sites for hydroxylation is 1. The maximum Gasteiger partial charge on any atom is 0.223 e. The molecule has 1 saturated heterocycles. The molecule has 1 aromatic carbocycles. The Hall–Kier alpha value is -1.10. The van der Waals surface area contributed by atoms with Gasteiger partial charge in [0.1, 0.15) is 0 Å². The summed E-state index contributed by atoms with van der Waals surface area (Å²) in [6.07, 6.45) is -0.0272. The van der Waals surface area contributed by atoms with E-state index in [2.05, 4.69) is 5.32 Å². The molecular weight excluding hydrogens is 288 g/mol. The topological polar surface area (TPSA) is 52.6 Å². The fourth-order valence-electron chi connectivity index (χ4n) is 2.38. The number of hydrogen-bond donors (Lipinski definition) is 2. The molecule has 0 radical (unpaired) electrons. The molecule has 1 heterocycles. The van der Waals surface area contributed by atoms with Gasteiger partial charge in [-0.25, -0.2) is 0 Å².